The molecule has 0 aliphatic carbocycles. The molecule has 2 rings (SSSR count). The van der Waals surface area contributed by atoms with E-state index in [-0.39, 0.29) is 24.4 Å². The average Bonchev–Trinajstić information content (AvgIpc) is 2.68. The van der Waals surface area contributed by atoms with Crippen molar-refractivity contribution in [1.82, 2.24) is 25.0 Å². The highest BCUT2D eigenvalue weighted by atomic mass is 16.2. The Balaban J connectivity index is 1.84. The van der Waals surface area contributed by atoms with Crippen molar-refractivity contribution in [2.24, 2.45) is 5.92 Å². The third-order valence-electron chi connectivity index (χ3n) is 3.31. The summed E-state index contributed by atoms with van der Waals surface area (Å²) in [5.41, 5.74) is 5.40. The van der Waals surface area contributed by atoms with Gasteiger partial charge in [0, 0.05) is 12.6 Å². The zero-order valence-corrected chi connectivity index (χ0v) is 10.8. The predicted molar refractivity (Wildman–Crippen MR) is 67.6 cm³/mol. The van der Waals surface area contributed by atoms with Crippen LogP contribution in [0.4, 0.5) is 5.95 Å². The summed E-state index contributed by atoms with van der Waals surface area (Å²) >= 11 is 0. The molecule has 7 nitrogen and oxygen atoms in total. The van der Waals surface area contributed by atoms with E-state index in [0.29, 0.717) is 5.92 Å². The number of hydrogen-bond donors (Lipinski definition) is 2. The summed E-state index contributed by atoms with van der Waals surface area (Å²) < 4.78 is 1.45. The molecule has 0 radical (unpaired) electrons. The number of likely N-dealkylation sites (tertiary alicyclic amines) is 1. The first-order valence-corrected chi connectivity index (χ1v) is 6.17. The van der Waals surface area contributed by atoms with E-state index in [4.69, 9.17) is 5.73 Å². The lowest BCUT2D eigenvalue weighted by atomic mass is 9.94. The Morgan fingerprint density at radius 2 is 2.44 bits per heavy atom. The van der Waals surface area contributed by atoms with Crippen LogP contribution in [0.5, 0.6) is 0 Å². The number of carbonyl (C=O) groups is 1. The van der Waals surface area contributed by atoms with Crippen LogP contribution in [-0.2, 0) is 11.3 Å². The molecule has 0 aromatic carbocycles. The summed E-state index contributed by atoms with van der Waals surface area (Å²) in [6, 6.07) is 0.245. The minimum absolute atomic E-state index is 0.0405. The molecule has 0 bridgehead atoms. The molecule has 1 aromatic heterocycles. The highest BCUT2D eigenvalue weighted by Crippen LogP contribution is 2.15. The van der Waals surface area contributed by atoms with E-state index in [0.717, 1.165) is 19.5 Å². The van der Waals surface area contributed by atoms with Crippen molar-refractivity contribution < 1.29 is 4.79 Å². The zero-order chi connectivity index (χ0) is 13.1. The molecule has 1 saturated heterocycles. The molecular weight excluding hydrogens is 232 g/mol. The molecule has 2 atom stereocenters. The van der Waals surface area contributed by atoms with Gasteiger partial charge in [0.05, 0.1) is 0 Å². The highest BCUT2D eigenvalue weighted by Gasteiger charge is 2.25. The van der Waals surface area contributed by atoms with E-state index in [2.05, 4.69) is 34.3 Å². The van der Waals surface area contributed by atoms with Gasteiger partial charge in [-0.05, 0) is 25.9 Å². The summed E-state index contributed by atoms with van der Waals surface area (Å²) in [7, 11) is 2.10. The Morgan fingerprint density at radius 3 is 3.06 bits per heavy atom. The van der Waals surface area contributed by atoms with E-state index in [1.807, 2.05) is 0 Å². The fourth-order valence-corrected chi connectivity index (χ4v) is 2.35. The fraction of sp³-hybridized carbons (Fsp3) is 0.727. The first kappa shape index (κ1) is 12.8. The first-order valence-electron chi connectivity index (χ1n) is 6.17. The standard InChI is InChI=1S/C11H20N6O/c1-8-5-16(2)4-3-9(8)14-10(18)6-17-7-13-11(12)15-17/h7-9H,3-6H2,1-2H3,(H2,12,15)(H,14,18). The van der Waals surface area contributed by atoms with Gasteiger partial charge >= 0.3 is 0 Å². The van der Waals surface area contributed by atoms with Crippen LogP contribution in [0.2, 0.25) is 0 Å². The summed E-state index contributed by atoms with van der Waals surface area (Å²) in [4.78, 5) is 17.9. The zero-order valence-electron chi connectivity index (χ0n) is 10.8. The summed E-state index contributed by atoms with van der Waals surface area (Å²) in [6.07, 6.45) is 2.45. The Bertz CT molecular complexity index is 417. The molecule has 1 aliphatic rings. The van der Waals surface area contributed by atoms with Gasteiger partial charge in [0.15, 0.2) is 0 Å². The maximum atomic E-state index is 11.9. The number of anilines is 1. The normalized spacial score (nSPS) is 25.0. The molecule has 0 spiro atoms. The topological polar surface area (TPSA) is 89.1 Å². The molecule has 1 aliphatic heterocycles. The lowest BCUT2D eigenvalue weighted by Gasteiger charge is -2.35. The number of aromatic nitrogens is 3. The van der Waals surface area contributed by atoms with E-state index >= 15 is 0 Å². The van der Waals surface area contributed by atoms with E-state index in [9.17, 15) is 4.79 Å². The minimum atomic E-state index is -0.0405. The van der Waals surface area contributed by atoms with Crippen molar-refractivity contribution in [3.63, 3.8) is 0 Å². The second-order valence-electron chi connectivity index (χ2n) is 5.00. The Kier molecular flexibility index (Phi) is 3.81. The van der Waals surface area contributed by atoms with Crippen LogP contribution in [0.3, 0.4) is 0 Å². The third-order valence-corrected chi connectivity index (χ3v) is 3.31. The molecule has 7 heteroatoms. The van der Waals surface area contributed by atoms with E-state index < -0.39 is 0 Å². The second-order valence-corrected chi connectivity index (χ2v) is 5.00. The molecule has 3 N–H and O–H groups in total. The number of nitrogens with zero attached hydrogens (tertiary/aromatic N) is 4. The average molecular weight is 252 g/mol. The van der Waals surface area contributed by atoms with Crippen LogP contribution in [0, 0.1) is 5.92 Å². The van der Waals surface area contributed by atoms with Gasteiger partial charge in [-0.1, -0.05) is 6.92 Å². The molecule has 2 heterocycles. The van der Waals surface area contributed by atoms with Crippen LogP contribution >= 0.6 is 0 Å². The highest BCUT2D eigenvalue weighted by molar-refractivity contribution is 5.76. The number of amides is 1. The number of nitrogen functional groups attached to an aromatic ring is 1. The maximum Gasteiger partial charge on any atom is 0.242 e. The second kappa shape index (κ2) is 5.34. The van der Waals surface area contributed by atoms with Crippen LogP contribution in [0.1, 0.15) is 13.3 Å². The molecule has 2 unspecified atom stereocenters. The minimum Gasteiger partial charge on any atom is -0.367 e. The quantitative estimate of drug-likeness (QED) is 0.744. The van der Waals surface area contributed by atoms with Crippen molar-refractivity contribution in [1.29, 1.82) is 0 Å². The van der Waals surface area contributed by atoms with Crippen molar-refractivity contribution >= 4 is 11.9 Å². The number of piperidine rings is 1. The number of rotatable bonds is 3. The smallest absolute Gasteiger partial charge is 0.242 e. The summed E-state index contributed by atoms with van der Waals surface area (Å²) in [5, 5.41) is 6.94. The van der Waals surface area contributed by atoms with Crippen LogP contribution < -0.4 is 11.1 Å². The fourth-order valence-electron chi connectivity index (χ4n) is 2.35. The molecule has 1 fully saturated rings. The number of hydrogen-bond acceptors (Lipinski definition) is 5. The lowest BCUT2D eigenvalue weighted by Crippen LogP contribution is -2.49. The maximum absolute atomic E-state index is 11.9. The number of carbonyl (C=O) groups excluding carboxylic acids is 1. The van der Waals surface area contributed by atoms with Gasteiger partial charge in [0.2, 0.25) is 11.9 Å². The van der Waals surface area contributed by atoms with Gasteiger partial charge in [-0.3, -0.25) is 4.79 Å². The summed E-state index contributed by atoms with van der Waals surface area (Å²) in [6.45, 7) is 4.37. The van der Waals surface area contributed by atoms with Gasteiger partial charge in [-0.2, -0.15) is 0 Å². The molecule has 18 heavy (non-hydrogen) atoms. The van der Waals surface area contributed by atoms with Crippen LogP contribution in [0.15, 0.2) is 6.33 Å². The van der Waals surface area contributed by atoms with E-state index in [1.54, 1.807) is 0 Å². The van der Waals surface area contributed by atoms with Gasteiger partial charge < -0.3 is 16.0 Å². The molecule has 1 amide bonds. The molecule has 0 saturated carbocycles. The molecule has 100 valence electrons. The Hall–Kier alpha value is -1.63. The van der Waals surface area contributed by atoms with Crippen molar-refractivity contribution in [3.05, 3.63) is 6.33 Å². The Labute approximate surface area is 106 Å². The number of nitrogens with two attached hydrogens (primary N) is 1. The van der Waals surface area contributed by atoms with Crippen LogP contribution in [0.25, 0.3) is 0 Å². The van der Waals surface area contributed by atoms with Crippen molar-refractivity contribution in [3.8, 4) is 0 Å². The number of nitrogens with one attached hydrogen (secondary N) is 1. The van der Waals surface area contributed by atoms with Crippen molar-refractivity contribution in [2.75, 3.05) is 25.9 Å². The monoisotopic (exact) mass is 252 g/mol. The van der Waals surface area contributed by atoms with Crippen LogP contribution in [-0.4, -0.2) is 51.8 Å². The van der Waals surface area contributed by atoms with Gasteiger partial charge in [-0.15, -0.1) is 5.10 Å². The molecule has 1 aromatic rings. The molecular formula is C11H20N6O. The predicted octanol–water partition coefficient (Wildman–Crippen LogP) is -0.683. The first-order chi connectivity index (χ1) is 8.54. The largest absolute Gasteiger partial charge is 0.367 e. The third kappa shape index (κ3) is 3.19. The SMILES string of the molecule is CC1CN(C)CCC1NC(=O)Cn1cnc(N)n1. The summed E-state index contributed by atoms with van der Waals surface area (Å²) in [5.74, 6) is 0.616. The van der Waals surface area contributed by atoms with Gasteiger partial charge in [0.25, 0.3) is 0 Å². The van der Waals surface area contributed by atoms with Gasteiger partial charge in [-0.25, -0.2) is 9.67 Å². The van der Waals surface area contributed by atoms with Crippen molar-refractivity contribution in [2.45, 2.75) is 25.9 Å². The van der Waals surface area contributed by atoms with Gasteiger partial charge in [0.1, 0.15) is 12.9 Å². The lowest BCUT2D eigenvalue weighted by molar-refractivity contribution is -0.123. The van der Waals surface area contributed by atoms with E-state index in [1.165, 1.54) is 11.0 Å². The Morgan fingerprint density at radius 1 is 1.67 bits per heavy atom.